The maximum absolute atomic E-state index is 13.1. The van der Waals surface area contributed by atoms with Crippen LogP contribution in [0.3, 0.4) is 0 Å². The van der Waals surface area contributed by atoms with E-state index in [4.69, 9.17) is 4.74 Å². The second kappa shape index (κ2) is 8.63. The Kier molecular flexibility index (Phi) is 6.24. The highest BCUT2D eigenvalue weighted by atomic mass is 16.5. The number of benzene rings is 1. The zero-order valence-electron chi connectivity index (χ0n) is 16.6. The molecule has 1 aliphatic heterocycles. The molecule has 0 bridgehead atoms. The van der Waals surface area contributed by atoms with Crippen molar-refractivity contribution in [2.45, 2.75) is 52.0 Å². The number of fused-ring (bicyclic) bond motifs is 1. The maximum Gasteiger partial charge on any atom is 0.319 e. The standard InChI is InChI=1S/C21H31N3O3/c1-14(2)22-21(26)23-17-8-9-18(19(12-17)27-3)20(25)24-11-10-15-6-4-5-7-16(15)13-24/h8-9,12,14-16H,4-7,10-11,13H2,1-3H3,(H2,22,23,26)/t15-,16?/m1/s1. The smallest absolute Gasteiger partial charge is 0.319 e. The Morgan fingerprint density at radius 3 is 2.59 bits per heavy atom. The lowest BCUT2D eigenvalue weighted by Crippen LogP contribution is -2.44. The summed E-state index contributed by atoms with van der Waals surface area (Å²) in [5.74, 6) is 1.95. The first kappa shape index (κ1) is 19.5. The number of urea groups is 1. The van der Waals surface area contributed by atoms with Crippen molar-refractivity contribution >= 4 is 17.6 Å². The van der Waals surface area contributed by atoms with Gasteiger partial charge in [0.1, 0.15) is 5.75 Å². The second-order valence-electron chi connectivity index (χ2n) is 8.01. The zero-order chi connectivity index (χ0) is 19.4. The largest absolute Gasteiger partial charge is 0.496 e. The van der Waals surface area contributed by atoms with Gasteiger partial charge in [-0.15, -0.1) is 0 Å². The van der Waals surface area contributed by atoms with Gasteiger partial charge in [-0.25, -0.2) is 4.79 Å². The van der Waals surface area contributed by atoms with Crippen LogP contribution in [-0.2, 0) is 0 Å². The van der Waals surface area contributed by atoms with Crippen LogP contribution in [0.5, 0.6) is 5.75 Å². The predicted octanol–water partition coefficient (Wildman–Crippen LogP) is 3.88. The number of piperidine rings is 1. The summed E-state index contributed by atoms with van der Waals surface area (Å²) < 4.78 is 5.45. The fourth-order valence-electron chi connectivity index (χ4n) is 4.33. The summed E-state index contributed by atoms with van der Waals surface area (Å²) in [6.45, 7) is 5.47. The third-order valence-electron chi connectivity index (χ3n) is 5.69. The number of methoxy groups -OCH3 is 1. The van der Waals surface area contributed by atoms with Gasteiger partial charge in [-0.3, -0.25) is 4.79 Å². The van der Waals surface area contributed by atoms with Crippen molar-refractivity contribution in [3.05, 3.63) is 23.8 Å². The molecule has 0 radical (unpaired) electrons. The van der Waals surface area contributed by atoms with E-state index in [1.165, 1.54) is 25.7 Å². The van der Waals surface area contributed by atoms with Crippen molar-refractivity contribution in [2.75, 3.05) is 25.5 Å². The van der Waals surface area contributed by atoms with Gasteiger partial charge in [0.25, 0.3) is 5.91 Å². The van der Waals surface area contributed by atoms with Crippen LogP contribution in [-0.4, -0.2) is 43.1 Å². The molecule has 1 aromatic rings. The monoisotopic (exact) mass is 373 g/mol. The van der Waals surface area contributed by atoms with Crippen molar-refractivity contribution in [2.24, 2.45) is 11.8 Å². The summed E-state index contributed by atoms with van der Waals surface area (Å²) in [7, 11) is 1.55. The molecule has 2 aliphatic rings. The van der Waals surface area contributed by atoms with Crippen molar-refractivity contribution in [1.82, 2.24) is 10.2 Å². The number of nitrogens with zero attached hydrogens (tertiary/aromatic N) is 1. The van der Waals surface area contributed by atoms with Gasteiger partial charge in [0, 0.05) is 30.9 Å². The topological polar surface area (TPSA) is 70.7 Å². The van der Waals surface area contributed by atoms with Crippen LogP contribution in [0.1, 0.15) is 56.3 Å². The van der Waals surface area contributed by atoms with E-state index in [9.17, 15) is 9.59 Å². The minimum Gasteiger partial charge on any atom is -0.496 e. The molecule has 6 heteroatoms. The van der Waals surface area contributed by atoms with E-state index in [-0.39, 0.29) is 18.0 Å². The molecule has 1 unspecified atom stereocenters. The summed E-state index contributed by atoms with van der Waals surface area (Å²) in [6.07, 6.45) is 6.27. The van der Waals surface area contributed by atoms with E-state index in [1.807, 2.05) is 18.7 Å². The molecule has 3 rings (SSSR count). The Labute approximate surface area is 161 Å². The average molecular weight is 373 g/mol. The van der Waals surface area contributed by atoms with Crippen molar-refractivity contribution in [3.8, 4) is 5.75 Å². The Hall–Kier alpha value is -2.24. The number of ether oxygens (including phenoxy) is 1. The number of hydrogen-bond donors (Lipinski definition) is 2. The zero-order valence-corrected chi connectivity index (χ0v) is 16.6. The van der Waals surface area contributed by atoms with Crippen molar-refractivity contribution < 1.29 is 14.3 Å². The number of amides is 3. The molecule has 3 amide bonds. The van der Waals surface area contributed by atoms with E-state index in [0.717, 1.165) is 25.4 Å². The maximum atomic E-state index is 13.1. The Morgan fingerprint density at radius 1 is 1.15 bits per heavy atom. The van der Waals surface area contributed by atoms with Gasteiger partial charge in [0.15, 0.2) is 0 Å². The van der Waals surface area contributed by atoms with Gasteiger partial charge >= 0.3 is 6.03 Å². The van der Waals surface area contributed by atoms with Gasteiger partial charge in [0.05, 0.1) is 12.7 Å². The molecule has 2 N–H and O–H groups in total. The van der Waals surface area contributed by atoms with E-state index < -0.39 is 0 Å². The third kappa shape index (κ3) is 4.73. The fraction of sp³-hybridized carbons (Fsp3) is 0.619. The van der Waals surface area contributed by atoms with Crippen LogP contribution in [0.4, 0.5) is 10.5 Å². The number of hydrogen-bond acceptors (Lipinski definition) is 3. The van der Waals surface area contributed by atoms with E-state index in [2.05, 4.69) is 10.6 Å². The van der Waals surface area contributed by atoms with Gasteiger partial charge < -0.3 is 20.3 Å². The number of likely N-dealkylation sites (tertiary alicyclic amines) is 1. The third-order valence-corrected chi connectivity index (χ3v) is 5.69. The van der Waals surface area contributed by atoms with E-state index in [1.54, 1.807) is 25.3 Å². The quantitative estimate of drug-likeness (QED) is 0.841. The average Bonchev–Trinajstić information content (AvgIpc) is 2.66. The van der Waals surface area contributed by atoms with Crippen LogP contribution in [0, 0.1) is 11.8 Å². The molecule has 1 aromatic carbocycles. The van der Waals surface area contributed by atoms with Gasteiger partial charge in [-0.05, 0) is 50.7 Å². The van der Waals surface area contributed by atoms with E-state index >= 15 is 0 Å². The number of anilines is 1. The molecule has 0 aromatic heterocycles. The lowest BCUT2D eigenvalue weighted by molar-refractivity contribution is 0.0518. The lowest BCUT2D eigenvalue weighted by Gasteiger charge is -2.41. The number of nitrogens with one attached hydrogen (secondary N) is 2. The first-order chi connectivity index (χ1) is 13.0. The van der Waals surface area contributed by atoms with Gasteiger partial charge in [0.2, 0.25) is 0 Å². The predicted molar refractivity (Wildman–Crippen MR) is 106 cm³/mol. The second-order valence-corrected chi connectivity index (χ2v) is 8.01. The van der Waals surface area contributed by atoms with Gasteiger partial charge in [-0.1, -0.05) is 19.3 Å². The summed E-state index contributed by atoms with van der Waals surface area (Å²) in [6, 6.07) is 4.99. The SMILES string of the molecule is COc1cc(NC(=O)NC(C)C)ccc1C(=O)N1CC[C@H]2CCCCC2C1. The molecule has 2 fully saturated rings. The molecular weight excluding hydrogens is 342 g/mol. The van der Waals surface area contributed by atoms with Crippen LogP contribution in [0.25, 0.3) is 0 Å². The number of carbonyl (C=O) groups is 2. The summed E-state index contributed by atoms with van der Waals surface area (Å²) >= 11 is 0. The lowest BCUT2D eigenvalue weighted by atomic mass is 9.75. The molecular formula is C21H31N3O3. The Morgan fingerprint density at radius 2 is 1.89 bits per heavy atom. The van der Waals surface area contributed by atoms with Gasteiger partial charge in [-0.2, -0.15) is 0 Å². The molecule has 0 spiro atoms. The summed E-state index contributed by atoms with van der Waals surface area (Å²) in [5.41, 5.74) is 1.16. The molecule has 27 heavy (non-hydrogen) atoms. The molecule has 1 aliphatic carbocycles. The fourth-order valence-corrected chi connectivity index (χ4v) is 4.33. The minimum absolute atomic E-state index is 0.0223. The number of carbonyl (C=O) groups excluding carboxylic acids is 2. The van der Waals surface area contributed by atoms with Crippen LogP contribution in [0.15, 0.2) is 18.2 Å². The normalized spacial score (nSPS) is 22.1. The molecule has 6 nitrogen and oxygen atoms in total. The molecule has 1 saturated heterocycles. The van der Waals surface area contributed by atoms with E-state index in [0.29, 0.717) is 22.9 Å². The molecule has 148 valence electrons. The first-order valence-electron chi connectivity index (χ1n) is 10.0. The highest BCUT2D eigenvalue weighted by Gasteiger charge is 2.33. The summed E-state index contributed by atoms with van der Waals surface area (Å²) in [5, 5.41) is 5.55. The Bertz CT molecular complexity index is 689. The number of rotatable bonds is 4. The van der Waals surface area contributed by atoms with Crippen LogP contribution < -0.4 is 15.4 Å². The van der Waals surface area contributed by atoms with Crippen molar-refractivity contribution in [3.63, 3.8) is 0 Å². The minimum atomic E-state index is -0.273. The highest BCUT2D eigenvalue weighted by molar-refractivity contribution is 5.98. The van der Waals surface area contributed by atoms with Crippen LogP contribution in [0.2, 0.25) is 0 Å². The van der Waals surface area contributed by atoms with Crippen LogP contribution >= 0.6 is 0 Å². The Balaban J connectivity index is 1.70. The molecule has 2 atom stereocenters. The summed E-state index contributed by atoms with van der Waals surface area (Å²) in [4.78, 5) is 26.9. The van der Waals surface area contributed by atoms with Crippen molar-refractivity contribution in [1.29, 1.82) is 0 Å². The molecule has 1 saturated carbocycles. The first-order valence-corrected chi connectivity index (χ1v) is 10.0. The highest BCUT2D eigenvalue weighted by Crippen LogP contribution is 2.37. The molecule has 1 heterocycles.